The van der Waals surface area contributed by atoms with E-state index in [1.165, 1.54) is 0 Å². The number of carbonyl (C=O) groups is 1. The molecule has 4 fully saturated rings. The van der Waals surface area contributed by atoms with E-state index in [1.807, 2.05) is 30.3 Å². The predicted molar refractivity (Wildman–Crippen MR) is 85.2 cm³/mol. The largest absolute Gasteiger partial charge is 0.444 e. The third-order valence-corrected chi connectivity index (χ3v) is 5.79. The quantitative estimate of drug-likeness (QED) is 0.746. The van der Waals surface area contributed by atoms with Crippen LogP contribution in [0.25, 0.3) is 0 Å². The van der Waals surface area contributed by atoms with Crippen molar-refractivity contribution < 1.29 is 14.6 Å². The fraction of sp³-hybridized carbons (Fsp3) is 0.611. The van der Waals surface area contributed by atoms with Crippen molar-refractivity contribution in [1.82, 2.24) is 10.9 Å². The molecule has 4 aliphatic carbocycles. The lowest BCUT2D eigenvalue weighted by Gasteiger charge is -2.58. The van der Waals surface area contributed by atoms with Gasteiger partial charge in [0.25, 0.3) is 0 Å². The van der Waals surface area contributed by atoms with Gasteiger partial charge in [-0.15, -0.1) is 0 Å². The first-order valence-corrected chi connectivity index (χ1v) is 8.56. The molecule has 1 amide bonds. The van der Waals surface area contributed by atoms with Crippen LogP contribution < -0.4 is 10.9 Å². The van der Waals surface area contributed by atoms with E-state index in [0.29, 0.717) is 17.8 Å². The van der Waals surface area contributed by atoms with Crippen LogP contribution in [0.15, 0.2) is 30.3 Å². The summed E-state index contributed by atoms with van der Waals surface area (Å²) in [5.74, 6) is 1.59. The minimum absolute atomic E-state index is 0.260. The Morgan fingerprint density at radius 3 is 2.52 bits per heavy atom. The van der Waals surface area contributed by atoms with Gasteiger partial charge in [-0.2, -0.15) is 0 Å². The topological polar surface area (TPSA) is 70.6 Å². The normalized spacial score (nSPS) is 37.6. The van der Waals surface area contributed by atoms with Gasteiger partial charge in [-0.05, 0) is 55.4 Å². The monoisotopic (exact) mass is 316 g/mol. The maximum Gasteiger partial charge on any atom is 0.421 e. The summed E-state index contributed by atoms with van der Waals surface area (Å²) in [6.07, 6.45) is 4.58. The van der Waals surface area contributed by atoms with Crippen molar-refractivity contribution in [3.05, 3.63) is 35.9 Å². The van der Waals surface area contributed by atoms with Gasteiger partial charge >= 0.3 is 6.09 Å². The molecular formula is C18H24N2O3. The highest BCUT2D eigenvalue weighted by Gasteiger charge is 2.54. The van der Waals surface area contributed by atoms with Crippen LogP contribution in [0.2, 0.25) is 0 Å². The summed E-state index contributed by atoms with van der Waals surface area (Å²) in [4.78, 5) is 11.9. The van der Waals surface area contributed by atoms with Crippen LogP contribution >= 0.6 is 0 Å². The molecule has 124 valence electrons. The molecule has 2 atom stereocenters. The van der Waals surface area contributed by atoms with Gasteiger partial charge in [0.05, 0.1) is 5.60 Å². The molecule has 1 aromatic rings. The first-order chi connectivity index (χ1) is 11.1. The van der Waals surface area contributed by atoms with E-state index < -0.39 is 11.7 Å². The minimum atomic E-state index is -0.443. The van der Waals surface area contributed by atoms with Crippen molar-refractivity contribution in [1.29, 1.82) is 0 Å². The number of ether oxygens (including phenoxy) is 1. The number of hydrogen-bond donors (Lipinski definition) is 3. The highest BCUT2D eigenvalue weighted by molar-refractivity contribution is 5.66. The molecule has 0 saturated heterocycles. The van der Waals surface area contributed by atoms with Crippen molar-refractivity contribution in [2.45, 2.75) is 50.4 Å². The average molecular weight is 316 g/mol. The molecule has 0 radical (unpaired) electrons. The van der Waals surface area contributed by atoms with E-state index >= 15 is 0 Å². The Morgan fingerprint density at radius 2 is 1.87 bits per heavy atom. The Labute approximate surface area is 136 Å². The number of benzene rings is 1. The van der Waals surface area contributed by atoms with Crippen molar-refractivity contribution in [2.24, 2.45) is 17.8 Å². The van der Waals surface area contributed by atoms with Crippen LogP contribution in [-0.2, 0) is 11.3 Å². The molecule has 4 bridgehead atoms. The van der Waals surface area contributed by atoms with Crippen LogP contribution in [0.1, 0.15) is 37.7 Å². The average Bonchev–Trinajstić information content (AvgIpc) is 2.51. The lowest BCUT2D eigenvalue weighted by atomic mass is 9.52. The number of carbonyl (C=O) groups excluding carboxylic acids is 1. The zero-order valence-corrected chi connectivity index (χ0v) is 13.2. The summed E-state index contributed by atoms with van der Waals surface area (Å²) in [5.41, 5.74) is 6.41. The number of nitrogens with one attached hydrogen (secondary N) is 2. The van der Waals surface area contributed by atoms with E-state index in [0.717, 1.165) is 37.7 Å². The Kier molecular flexibility index (Phi) is 3.77. The summed E-state index contributed by atoms with van der Waals surface area (Å²) >= 11 is 0. The summed E-state index contributed by atoms with van der Waals surface area (Å²) < 4.78 is 5.23. The van der Waals surface area contributed by atoms with E-state index in [-0.39, 0.29) is 12.6 Å². The van der Waals surface area contributed by atoms with Crippen LogP contribution in [0.4, 0.5) is 4.79 Å². The van der Waals surface area contributed by atoms with Gasteiger partial charge in [-0.1, -0.05) is 30.3 Å². The molecular weight excluding hydrogens is 292 g/mol. The van der Waals surface area contributed by atoms with E-state index in [9.17, 15) is 9.90 Å². The van der Waals surface area contributed by atoms with Gasteiger partial charge in [-0.25, -0.2) is 10.2 Å². The molecule has 0 aliphatic heterocycles. The summed E-state index contributed by atoms with van der Waals surface area (Å²) in [7, 11) is 0. The molecule has 4 aliphatic rings. The summed E-state index contributed by atoms with van der Waals surface area (Å²) in [5, 5.41) is 10.6. The summed E-state index contributed by atoms with van der Waals surface area (Å²) in [6, 6.07) is 9.91. The molecule has 3 N–H and O–H groups in total. The van der Waals surface area contributed by atoms with Gasteiger partial charge in [0.1, 0.15) is 6.61 Å². The maximum atomic E-state index is 11.9. The number of hydrogen-bond acceptors (Lipinski definition) is 4. The molecule has 0 spiro atoms. The SMILES string of the molecule is O=C(NNC1C2CC3CC1CC(O)(C3)C2)OCc1ccccc1. The van der Waals surface area contributed by atoms with Crippen molar-refractivity contribution in [3.63, 3.8) is 0 Å². The highest BCUT2D eigenvalue weighted by atomic mass is 16.6. The standard InChI is InChI=1S/C18H24N2O3/c21-17(23-11-12-4-2-1-3-5-12)20-19-16-14-6-13-7-15(16)10-18(22,8-13)9-14/h1-5,13-16,19,22H,6-11H2,(H,20,21). The zero-order chi connectivity index (χ0) is 15.9. The first kappa shape index (κ1) is 15.0. The molecule has 5 rings (SSSR count). The number of rotatable bonds is 4. The smallest absolute Gasteiger partial charge is 0.421 e. The third-order valence-electron chi connectivity index (χ3n) is 5.79. The third kappa shape index (κ3) is 3.08. The van der Waals surface area contributed by atoms with Gasteiger partial charge in [0.2, 0.25) is 0 Å². The van der Waals surface area contributed by atoms with Gasteiger partial charge in [0, 0.05) is 6.04 Å². The molecule has 1 aromatic carbocycles. The van der Waals surface area contributed by atoms with Crippen LogP contribution in [0.5, 0.6) is 0 Å². The molecule has 5 nitrogen and oxygen atoms in total. The van der Waals surface area contributed by atoms with Crippen molar-refractivity contribution >= 4 is 6.09 Å². The molecule has 0 heterocycles. The second kappa shape index (κ2) is 5.80. The van der Waals surface area contributed by atoms with Crippen molar-refractivity contribution in [2.75, 3.05) is 0 Å². The molecule has 0 aromatic heterocycles. The van der Waals surface area contributed by atoms with Crippen LogP contribution in [0.3, 0.4) is 0 Å². The van der Waals surface area contributed by atoms with Crippen LogP contribution in [0, 0.1) is 17.8 Å². The van der Waals surface area contributed by atoms with Gasteiger partial charge in [-0.3, -0.25) is 5.43 Å². The lowest BCUT2D eigenvalue weighted by Crippen LogP contribution is -2.63. The second-order valence-corrected chi connectivity index (χ2v) is 7.55. The Balaban J connectivity index is 1.27. The fourth-order valence-electron chi connectivity index (χ4n) is 5.12. The maximum absolute atomic E-state index is 11.9. The zero-order valence-electron chi connectivity index (χ0n) is 13.2. The van der Waals surface area contributed by atoms with Crippen molar-refractivity contribution in [3.8, 4) is 0 Å². The molecule has 5 heteroatoms. The van der Waals surface area contributed by atoms with E-state index in [1.54, 1.807) is 0 Å². The minimum Gasteiger partial charge on any atom is -0.444 e. The van der Waals surface area contributed by atoms with Gasteiger partial charge in [0.15, 0.2) is 0 Å². The Morgan fingerprint density at radius 1 is 1.17 bits per heavy atom. The highest BCUT2D eigenvalue weighted by Crippen LogP contribution is 2.55. The lowest BCUT2D eigenvalue weighted by molar-refractivity contribution is -0.140. The molecule has 2 unspecified atom stereocenters. The number of aliphatic hydroxyl groups is 1. The number of hydrazine groups is 1. The predicted octanol–water partition coefficient (Wildman–Crippen LogP) is 2.36. The Hall–Kier alpha value is -1.59. The van der Waals surface area contributed by atoms with Gasteiger partial charge < -0.3 is 9.84 Å². The fourth-order valence-corrected chi connectivity index (χ4v) is 5.12. The molecule has 4 saturated carbocycles. The van der Waals surface area contributed by atoms with Crippen LogP contribution in [-0.4, -0.2) is 22.8 Å². The summed E-state index contributed by atoms with van der Waals surface area (Å²) in [6.45, 7) is 0.272. The first-order valence-electron chi connectivity index (χ1n) is 8.56. The van der Waals surface area contributed by atoms with E-state index in [2.05, 4.69) is 10.9 Å². The number of amides is 1. The Bertz CT molecular complexity index is 561. The second-order valence-electron chi connectivity index (χ2n) is 7.55. The molecule has 23 heavy (non-hydrogen) atoms. The van der Waals surface area contributed by atoms with E-state index in [4.69, 9.17) is 4.74 Å².